The highest BCUT2D eigenvalue weighted by Gasteiger charge is 2.29. The van der Waals surface area contributed by atoms with Crippen molar-refractivity contribution in [2.24, 2.45) is 0 Å². The van der Waals surface area contributed by atoms with Crippen molar-refractivity contribution in [1.82, 2.24) is 4.98 Å². The number of amides is 1. The van der Waals surface area contributed by atoms with Crippen molar-refractivity contribution in [1.29, 1.82) is 0 Å². The summed E-state index contributed by atoms with van der Waals surface area (Å²) in [5.41, 5.74) is 1.43. The molecule has 0 aromatic carbocycles. The number of nitrogens with one attached hydrogen (secondary N) is 1. The molecule has 3 rings (SSSR count). The standard InChI is InChI=1S/C20H21ClN2O5S/c1-3-13(28-19(25)12-8-6-10-22-16(12)21)17(24)23-18-15(20(26)27-2)11-7-4-5-9-14(11)29-18/h6,8,10,13H,3-5,7,9H2,1-2H3,(H,23,24). The van der Waals surface area contributed by atoms with Crippen molar-refractivity contribution in [2.45, 2.75) is 45.1 Å². The largest absolute Gasteiger partial charge is 0.465 e. The quantitative estimate of drug-likeness (QED) is 0.542. The van der Waals surface area contributed by atoms with Gasteiger partial charge in [0.1, 0.15) is 10.2 Å². The Morgan fingerprint density at radius 2 is 2.03 bits per heavy atom. The molecule has 0 fully saturated rings. The number of carbonyl (C=O) groups is 3. The molecule has 0 saturated carbocycles. The third-order valence-electron chi connectivity index (χ3n) is 4.69. The topological polar surface area (TPSA) is 94.6 Å². The van der Waals surface area contributed by atoms with Crippen molar-refractivity contribution in [3.63, 3.8) is 0 Å². The molecule has 1 aliphatic rings. The minimum absolute atomic E-state index is 0.00618. The van der Waals surface area contributed by atoms with Crippen LogP contribution in [0.5, 0.6) is 0 Å². The number of hydrogen-bond donors (Lipinski definition) is 1. The molecule has 1 atom stereocenters. The van der Waals surface area contributed by atoms with Gasteiger partial charge in [-0.2, -0.15) is 0 Å². The second-order valence-electron chi connectivity index (χ2n) is 6.54. The highest BCUT2D eigenvalue weighted by atomic mass is 35.5. The van der Waals surface area contributed by atoms with Crippen molar-refractivity contribution in [3.05, 3.63) is 45.1 Å². The van der Waals surface area contributed by atoms with Gasteiger partial charge in [0.05, 0.1) is 18.2 Å². The first kappa shape index (κ1) is 21.3. The predicted octanol–water partition coefficient (Wildman–Crippen LogP) is 4.04. The third-order valence-corrected chi connectivity index (χ3v) is 6.20. The maximum atomic E-state index is 12.8. The molecule has 0 saturated heterocycles. The summed E-state index contributed by atoms with van der Waals surface area (Å²) in [7, 11) is 1.31. The lowest BCUT2D eigenvalue weighted by Gasteiger charge is -2.16. The Morgan fingerprint density at radius 1 is 1.28 bits per heavy atom. The molecular weight excluding hydrogens is 416 g/mol. The van der Waals surface area contributed by atoms with Gasteiger partial charge in [0, 0.05) is 11.1 Å². The summed E-state index contributed by atoms with van der Waals surface area (Å²) < 4.78 is 10.3. The van der Waals surface area contributed by atoms with Crippen LogP contribution in [-0.4, -0.2) is 36.0 Å². The number of aromatic nitrogens is 1. The van der Waals surface area contributed by atoms with E-state index in [9.17, 15) is 14.4 Å². The Labute approximate surface area is 177 Å². The SMILES string of the molecule is CCC(OC(=O)c1cccnc1Cl)C(=O)Nc1sc2c(c1C(=O)OC)CCCC2. The summed E-state index contributed by atoms with van der Waals surface area (Å²) in [6.07, 6.45) is 4.35. The summed E-state index contributed by atoms with van der Waals surface area (Å²) in [6, 6.07) is 3.03. The Morgan fingerprint density at radius 3 is 2.72 bits per heavy atom. The van der Waals surface area contributed by atoms with Crippen LogP contribution in [0.2, 0.25) is 5.15 Å². The van der Waals surface area contributed by atoms with Gasteiger partial charge in [0.2, 0.25) is 0 Å². The summed E-state index contributed by atoms with van der Waals surface area (Å²) in [6.45, 7) is 1.73. The smallest absolute Gasteiger partial charge is 0.342 e. The summed E-state index contributed by atoms with van der Waals surface area (Å²) in [5.74, 6) is -1.72. The third kappa shape index (κ3) is 4.59. The number of esters is 2. The average molecular weight is 437 g/mol. The van der Waals surface area contributed by atoms with Crippen LogP contribution in [0, 0.1) is 0 Å². The molecule has 7 nitrogen and oxygen atoms in total. The van der Waals surface area contributed by atoms with Crippen LogP contribution in [0.3, 0.4) is 0 Å². The number of halogens is 1. The normalized spacial score (nSPS) is 13.9. The summed E-state index contributed by atoms with van der Waals surface area (Å²) in [4.78, 5) is 42.4. The molecule has 154 valence electrons. The zero-order chi connectivity index (χ0) is 21.0. The zero-order valence-corrected chi connectivity index (χ0v) is 17.7. The van der Waals surface area contributed by atoms with Crippen molar-refractivity contribution < 1.29 is 23.9 Å². The number of carbonyl (C=O) groups excluding carboxylic acids is 3. The van der Waals surface area contributed by atoms with Crippen molar-refractivity contribution >= 4 is 45.8 Å². The lowest BCUT2D eigenvalue weighted by atomic mass is 9.95. The minimum Gasteiger partial charge on any atom is -0.465 e. The minimum atomic E-state index is -1.04. The number of nitrogens with zero attached hydrogens (tertiary/aromatic N) is 1. The average Bonchev–Trinajstić information content (AvgIpc) is 3.09. The molecule has 1 N–H and O–H groups in total. The molecule has 29 heavy (non-hydrogen) atoms. The summed E-state index contributed by atoms with van der Waals surface area (Å²) in [5, 5.41) is 3.20. The van der Waals surface area contributed by atoms with E-state index in [-0.39, 0.29) is 17.1 Å². The fourth-order valence-electron chi connectivity index (χ4n) is 3.22. The molecular formula is C20H21ClN2O5S. The Kier molecular flexibility index (Phi) is 6.87. The van der Waals surface area contributed by atoms with Gasteiger partial charge in [-0.05, 0) is 49.8 Å². The van der Waals surface area contributed by atoms with Crippen LogP contribution >= 0.6 is 22.9 Å². The molecule has 0 radical (unpaired) electrons. The second-order valence-corrected chi connectivity index (χ2v) is 8.00. The van der Waals surface area contributed by atoms with Gasteiger partial charge in [0.25, 0.3) is 5.91 Å². The number of pyridine rings is 1. The van der Waals surface area contributed by atoms with Gasteiger partial charge in [-0.15, -0.1) is 11.3 Å². The van der Waals surface area contributed by atoms with E-state index >= 15 is 0 Å². The first-order valence-corrected chi connectivity index (χ1v) is 10.5. The first-order chi connectivity index (χ1) is 14.0. The van der Waals surface area contributed by atoms with Crippen LogP contribution in [0.25, 0.3) is 0 Å². The van der Waals surface area contributed by atoms with E-state index in [0.717, 1.165) is 36.1 Å². The van der Waals surface area contributed by atoms with Crippen LogP contribution in [0.4, 0.5) is 5.00 Å². The van der Waals surface area contributed by atoms with E-state index in [4.69, 9.17) is 21.1 Å². The van der Waals surface area contributed by atoms with Gasteiger partial charge in [-0.1, -0.05) is 18.5 Å². The fraction of sp³-hybridized carbons (Fsp3) is 0.400. The number of hydrogen-bond acceptors (Lipinski definition) is 7. The number of aryl methyl sites for hydroxylation is 1. The molecule has 0 aliphatic heterocycles. The molecule has 2 heterocycles. The van der Waals surface area contributed by atoms with Gasteiger partial charge < -0.3 is 14.8 Å². The monoisotopic (exact) mass is 436 g/mol. The maximum Gasteiger partial charge on any atom is 0.342 e. The number of ether oxygens (including phenoxy) is 2. The highest BCUT2D eigenvalue weighted by molar-refractivity contribution is 7.17. The number of thiophene rings is 1. The van der Waals surface area contributed by atoms with E-state index in [1.807, 2.05) is 0 Å². The number of fused-ring (bicyclic) bond motifs is 1. The maximum absolute atomic E-state index is 12.8. The Balaban J connectivity index is 1.79. The second kappa shape index (κ2) is 9.37. The molecule has 1 aliphatic carbocycles. The lowest BCUT2D eigenvalue weighted by molar-refractivity contribution is -0.124. The Bertz CT molecular complexity index is 943. The van der Waals surface area contributed by atoms with E-state index in [1.54, 1.807) is 13.0 Å². The van der Waals surface area contributed by atoms with Crippen molar-refractivity contribution in [2.75, 3.05) is 12.4 Å². The van der Waals surface area contributed by atoms with Gasteiger partial charge in [-0.3, -0.25) is 4.79 Å². The van der Waals surface area contributed by atoms with Crippen LogP contribution in [0.1, 0.15) is 57.3 Å². The van der Waals surface area contributed by atoms with Crippen LogP contribution in [-0.2, 0) is 27.1 Å². The molecule has 1 unspecified atom stereocenters. The Hall–Kier alpha value is -2.45. The van der Waals surface area contributed by atoms with E-state index < -0.39 is 23.9 Å². The molecule has 0 bridgehead atoms. The number of anilines is 1. The number of rotatable bonds is 6. The van der Waals surface area contributed by atoms with Gasteiger partial charge >= 0.3 is 11.9 Å². The predicted molar refractivity (Wildman–Crippen MR) is 110 cm³/mol. The number of methoxy groups -OCH3 is 1. The van der Waals surface area contributed by atoms with Crippen LogP contribution in [0.15, 0.2) is 18.3 Å². The van der Waals surface area contributed by atoms with E-state index in [2.05, 4.69) is 10.3 Å². The van der Waals surface area contributed by atoms with Crippen molar-refractivity contribution in [3.8, 4) is 0 Å². The van der Waals surface area contributed by atoms with Gasteiger partial charge in [0.15, 0.2) is 6.10 Å². The van der Waals surface area contributed by atoms with E-state index in [0.29, 0.717) is 10.6 Å². The highest BCUT2D eigenvalue weighted by Crippen LogP contribution is 2.38. The van der Waals surface area contributed by atoms with Gasteiger partial charge in [-0.25, -0.2) is 14.6 Å². The molecule has 2 aromatic heterocycles. The first-order valence-electron chi connectivity index (χ1n) is 9.31. The van der Waals surface area contributed by atoms with Crippen LogP contribution < -0.4 is 5.32 Å². The lowest BCUT2D eigenvalue weighted by Crippen LogP contribution is -2.32. The molecule has 9 heteroatoms. The van der Waals surface area contributed by atoms with E-state index in [1.165, 1.54) is 30.7 Å². The molecule has 2 aromatic rings. The fourth-order valence-corrected chi connectivity index (χ4v) is 4.69. The molecule has 1 amide bonds. The molecule has 0 spiro atoms. The zero-order valence-electron chi connectivity index (χ0n) is 16.1. The summed E-state index contributed by atoms with van der Waals surface area (Å²) >= 11 is 7.30.